The Morgan fingerprint density at radius 2 is 1.76 bits per heavy atom. The third-order valence-electron chi connectivity index (χ3n) is 3.37. The van der Waals surface area contributed by atoms with Crippen LogP contribution in [0.15, 0.2) is 42.5 Å². The summed E-state index contributed by atoms with van der Waals surface area (Å²) in [6.45, 7) is 0.146. The predicted octanol–water partition coefficient (Wildman–Crippen LogP) is 2.31. The van der Waals surface area contributed by atoms with E-state index >= 15 is 0 Å². The minimum atomic E-state index is -0.551. The number of nitro groups is 1. The first-order chi connectivity index (χ1) is 12.0. The normalized spacial score (nSPS) is 10.0. The molecular weight excluding hydrogens is 328 g/mol. The van der Waals surface area contributed by atoms with Crippen molar-refractivity contribution >= 4 is 11.6 Å². The number of methoxy groups -OCH3 is 2. The highest BCUT2D eigenvalue weighted by Gasteiger charge is 2.15. The summed E-state index contributed by atoms with van der Waals surface area (Å²) in [4.78, 5) is 22.1. The maximum absolute atomic E-state index is 11.8. The molecule has 0 heterocycles. The second-order valence-electron chi connectivity index (χ2n) is 5.00. The van der Waals surface area contributed by atoms with Gasteiger partial charge in [-0.3, -0.25) is 14.9 Å². The van der Waals surface area contributed by atoms with E-state index in [1.165, 1.54) is 25.3 Å². The fourth-order valence-corrected chi connectivity index (χ4v) is 2.04. The van der Waals surface area contributed by atoms with Crippen molar-refractivity contribution in [3.63, 3.8) is 0 Å². The number of ether oxygens (including phenoxy) is 3. The summed E-state index contributed by atoms with van der Waals surface area (Å²) < 4.78 is 15.3. The molecule has 0 spiro atoms. The van der Waals surface area contributed by atoms with Gasteiger partial charge in [-0.1, -0.05) is 12.1 Å². The molecule has 0 aromatic heterocycles. The predicted molar refractivity (Wildman–Crippen MR) is 90.0 cm³/mol. The number of benzene rings is 2. The molecule has 2 rings (SSSR count). The standard InChI is InChI=1S/C17H18N2O6/c1-23-13-5-3-12(4-6-13)10-18-17(20)11-25-14-7-8-15(19(21)22)16(9-14)24-2/h3-9H,10-11H2,1-2H3,(H,18,20). The lowest BCUT2D eigenvalue weighted by Crippen LogP contribution is -2.28. The summed E-state index contributed by atoms with van der Waals surface area (Å²) in [5.74, 6) is 0.807. The summed E-state index contributed by atoms with van der Waals surface area (Å²) >= 11 is 0. The third-order valence-corrected chi connectivity index (χ3v) is 3.37. The molecule has 1 amide bonds. The molecule has 2 aromatic rings. The Morgan fingerprint density at radius 1 is 1.08 bits per heavy atom. The van der Waals surface area contributed by atoms with Gasteiger partial charge in [0, 0.05) is 18.7 Å². The van der Waals surface area contributed by atoms with E-state index in [2.05, 4.69) is 5.32 Å². The molecule has 0 aliphatic rings. The number of hydrogen-bond donors (Lipinski definition) is 1. The first-order valence-electron chi connectivity index (χ1n) is 7.38. The maximum Gasteiger partial charge on any atom is 0.311 e. The highest BCUT2D eigenvalue weighted by Crippen LogP contribution is 2.30. The molecule has 0 atom stereocenters. The first kappa shape index (κ1) is 18.1. The number of amides is 1. The molecule has 1 N–H and O–H groups in total. The van der Waals surface area contributed by atoms with Gasteiger partial charge in [-0.2, -0.15) is 0 Å². The molecule has 2 aromatic carbocycles. The molecule has 0 bridgehead atoms. The fourth-order valence-electron chi connectivity index (χ4n) is 2.04. The average molecular weight is 346 g/mol. The summed E-state index contributed by atoms with van der Waals surface area (Å²) in [5.41, 5.74) is 0.755. The Balaban J connectivity index is 1.85. The second kappa shape index (κ2) is 8.53. The number of carbonyl (C=O) groups excluding carboxylic acids is 1. The summed E-state index contributed by atoms with van der Waals surface area (Å²) in [5, 5.41) is 13.6. The number of hydrogen-bond acceptors (Lipinski definition) is 6. The number of carbonyl (C=O) groups is 1. The minimum absolute atomic E-state index is 0.0705. The van der Waals surface area contributed by atoms with Crippen molar-refractivity contribution in [2.24, 2.45) is 0 Å². The Hall–Kier alpha value is -3.29. The monoisotopic (exact) mass is 346 g/mol. The van der Waals surface area contributed by atoms with Crippen LogP contribution >= 0.6 is 0 Å². The van der Waals surface area contributed by atoms with E-state index in [0.29, 0.717) is 12.3 Å². The summed E-state index contributed by atoms with van der Waals surface area (Å²) in [6.07, 6.45) is 0. The zero-order valence-electron chi connectivity index (χ0n) is 13.9. The van der Waals surface area contributed by atoms with Gasteiger partial charge in [-0.05, 0) is 23.8 Å². The van der Waals surface area contributed by atoms with Crippen molar-refractivity contribution in [1.82, 2.24) is 5.32 Å². The highest BCUT2D eigenvalue weighted by molar-refractivity contribution is 5.77. The van der Waals surface area contributed by atoms with Crippen molar-refractivity contribution in [3.05, 3.63) is 58.1 Å². The first-order valence-corrected chi connectivity index (χ1v) is 7.38. The SMILES string of the molecule is COc1ccc(CNC(=O)COc2ccc([N+](=O)[O-])c(OC)c2)cc1. The van der Waals surface area contributed by atoms with Crippen LogP contribution in [-0.2, 0) is 11.3 Å². The minimum Gasteiger partial charge on any atom is -0.497 e. The molecule has 0 aliphatic heterocycles. The zero-order valence-corrected chi connectivity index (χ0v) is 13.9. The molecule has 0 saturated carbocycles. The van der Waals surface area contributed by atoms with Crippen LogP contribution in [0.4, 0.5) is 5.69 Å². The van der Waals surface area contributed by atoms with Crippen LogP contribution in [0, 0.1) is 10.1 Å². The average Bonchev–Trinajstić information content (AvgIpc) is 2.64. The summed E-state index contributed by atoms with van der Waals surface area (Å²) in [6, 6.07) is 11.4. The molecular formula is C17H18N2O6. The van der Waals surface area contributed by atoms with E-state index in [1.54, 1.807) is 19.2 Å². The molecule has 25 heavy (non-hydrogen) atoms. The van der Waals surface area contributed by atoms with Crippen molar-refractivity contribution in [1.29, 1.82) is 0 Å². The smallest absolute Gasteiger partial charge is 0.311 e. The van der Waals surface area contributed by atoms with Crippen LogP contribution in [0.25, 0.3) is 0 Å². The van der Waals surface area contributed by atoms with E-state index in [1.807, 2.05) is 12.1 Å². The van der Waals surface area contributed by atoms with Crippen LogP contribution < -0.4 is 19.5 Å². The zero-order chi connectivity index (χ0) is 18.2. The van der Waals surface area contributed by atoms with E-state index < -0.39 is 4.92 Å². The van der Waals surface area contributed by atoms with E-state index in [9.17, 15) is 14.9 Å². The Labute approximate surface area is 144 Å². The van der Waals surface area contributed by atoms with Crippen LogP contribution in [0.2, 0.25) is 0 Å². The molecule has 8 heteroatoms. The van der Waals surface area contributed by atoms with Gasteiger partial charge < -0.3 is 19.5 Å². The Kier molecular flexibility index (Phi) is 6.16. The molecule has 0 radical (unpaired) electrons. The number of nitrogens with zero attached hydrogens (tertiary/aromatic N) is 1. The molecule has 132 valence electrons. The highest BCUT2D eigenvalue weighted by atomic mass is 16.6. The maximum atomic E-state index is 11.8. The van der Waals surface area contributed by atoms with Gasteiger partial charge in [0.25, 0.3) is 5.91 Å². The lowest BCUT2D eigenvalue weighted by molar-refractivity contribution is -0.385. The van der Waals surface area contributed by atoms with Gasteiger partial charge in [0.05, 0.1) is 19.1 Å². The quantitative estimate of drug-likeness (QED) is 0.581. The van der Waals surface area contributed by atoms with Crippen LogP contribution in [0.3, 0.4) is 0 Å². The topological polar surface area (TPSA) is 99.9 Å². The lowest BCUT2D eigenvalue weighted by Gasteiger charge is -2.09. The van der Waals surface area contributed by atoms with E-state index in [0.717, 1.165) is 11.3 Å². The van der Waals surface area contributed by atoms with Gasteiger partial charge in [-0.15, -0.1) is 0 Å². The number of nitro benzene ring substituents is 1. The van der Waals surface area contributed by atoms with Crippen molar-refractivity contribution in [2.45, 2.75) is 6.54 Å². The molecule has 0 unspecified atom stereocenters. The number of rotatable bonds is 8. The molecule has 8 nitrogen and oxygen atoms in total. The number of nitrogens with one attached hydrogen (secondary N) is 1. The fraction of sp³-hybridized carbons (Fsp3) is 0.235. The van der Waals surface area contributed by atoms with Gasteiger partial charge in [0.1, 0.15) is 11.5 Å². The van der Waals surface area contributed by atoms with Crippen molar-refractivity contribution < 1.29 is 23.9 Å². The van der Waals surface area contributed by atoms with Crippen molar-refractivity contribution in [3.8, 4) is 17.2 Å². The van der Waals surface area contributed by atoms with Crippen LogP contribution in [0.1, 0.15) is 5.56 Å². The lowest BCUT2D eigenvalue weighted by atomic mass is 10.2. The van der Waals surface area contributed by atoms with Gasteiger partial charge in [-0.25, -0.2) is 0 Å². The Bertz CT molecular complexity index is 745. The van der Waals surface area contributed by atoms with Gasteiger partial charge in [0.2, 0.25) is 5.75 Å². The largest absolute Gasteiger partial charge is 0.497 e. The third kappa shape index (κ3) is 5.10. The van der Waals surface area contributed by atoms with Crippen LogP contribution in [0.5, 0.6) is 17.2 Å². The molecule has 0 aliphatic carbocycles. The molecule has 0 fully saturated rings. The van der Waals surface area contributed by atoms with E-state index in [4.69, 9.17) is 14.2 Å². The Morgan fingerprint density at radius 3 is 2.36 bits per heavy atom. The van der Waals surface area contributed by atoms with Gasteiger partial charge >= 0.3 is 5.69 Å². The molecule has 0 saturated heterocycles. The van der Waals surface area contributed by atoms with Crippen molar-refractivity contribution in [2.75, 3.05) is 20.8 Å². The second-order valence-corrected chi connectivity index (χ2v) is 5.00. The summed E-state index contributed by atoms with van der Waals surface area (Å²) in [7, 11) is 2.91. The van der Waals surface area contributed by atoms with Gasteiger partial charge in [0.15, 0.2) is 6.61 Å². The van der Waals surface area contributed by atoms with Crippen LogP contribution in [-0.4, -0.2) is 31.7 Å². The van der Waals surface area contributed by atoms with E-state index in [-0.39, 0.29) is 24.0 Å².